The number of carbonyl (C=O) groups excluding carboxylic acids is 1. The Morgan fingerprint density at radius 1 is 1.00 bits per heavy atom. The summed E-state index contributed by atoms with van der Waals surface area (Å²) in [6.07, 6.45) is -5.82. The lowest BCUT2D eigenvalue weighted by Crippen LogP contribution is -2.51. The highest BCUT2D eigenvalue weighted by Crippen LogP contribution is 2.07. The van der Waals surface area contributed by atoms with Crippen LogP contribution in [0, 0.1) is 0 Å². The predicted octanol–water partition coefficient (Wildman–Crippen LogP) is -0.657. The van der Waals surface area contributed by atoms with Crippen LogP contribution in [0.3, 0.4) is 0 Å². The monoisotopic (exact) mass is 311 g/mol. The molecule has 1 amide bonds. The molecule has 21 heavy (non-hydrogen) atoms. The quantitative estimate of drug-likeness (QED) is 0.444. The van der Waals surface area contributed by atoms with Gasteiger partial charge in [-0.2, -0.15) is 0 Å². The van der Waals surface area contributed by atoms with Gasteiger partial charge in [0.05, 0.1) is 6.61 Å². The lowest BCUT2D eigenvalue weighted by molar-refractivity contribution is -0.157. The van der Waals surface area contributed by atoms with Crippen molar-refractivity contribution in [2.45, 2.75) is 65.5 Å². The zero-order valence-corrected chi connectivity index (χ0v) is 14.0. The molecule has 5 N–H and O–H groups in total. The van der Waals surface area contributed by atoms with Crippen LogP contribution in [-0.4, -0.2) is 81.0 Å². The Kier molecular flexibility index (Phi) is 18.8. The number of aliphatic hydroxyl groups is 5. The molecule has 0 saturated heterocycles. The summed E-state index contributed by atoms with van der Waals surface area (Å²) in [5, 5.41) is 45.6. The summed E-state index contributed by atoms with van der Waals surface area (Å²) in [5.41, 5.74) is 0. The molecule has 0 bridgehead atoms. The van der Waals surface area contributed by atoms with E-state index in [2.05, 4.69) is 13.8 Å². The van der Waals surface area contributed by atoms with Crippen molar-refractivity contribution in [3.05, 3.63) is 0 Å². The topological polar surface area (TPSA) is 121 Å². The highest BCUT2D eigenvalue weighted by Gasteiger charge is 2.35. The molecular formula is C14H33NO6. The normalized spacial score (nSPS) is 15.4. The van der Waals surface area contributed by atoms with Crippen LogP contribution in [0.4, 0.5) is 0 Å². The highest BCUT2D eigenvalue weighted by atomic mass is 16.4. The Labute approximate surface area is 127 Å². The number of amides is 1. The number of hydrogen-bond acceptors (Lipinski definition) is 6. The molecule has 0 radical (unpaired) electrons. The van der Waals surface area contributed by atoms with Gasteiger partial charge in [0.1, 0.15) is 18.3 Å². The van der Waals surface area contributed by atoms with E-state index in [1.165, 1.54) is 13.5 Å². The molecular weight excluding hydrogens is 278 g/mol. The Bertz CT molecular complexity index is 240. The van der Waals surface area contributed by atoms with E-state index in [1.54, 1.807) is 6.92 Å². The van der Waals surface area contributed by atoms with Gasteiger partial charge in [0.15, 0.2) is 6.10 Å². The zero-order chi connectivity index (χ0) is 17.6. The first-order valence-electron chi connectivity index (χ1n) is 7.36. The van der Waals surface area contributed by atoms with Crippen molar-refractivity contribution in [1.29, 1.82) is 0 Å². The van der Waals surface area contributed by atoms with Crippen molar-refractivity contribution >= 4 is 5.91 Å². The van der Waals surface area contributed by atoms with Crippen LogP contribution in [0.5, 0.6) is 0 Å². The summed E-state index contributed by atoms with van der Waals surface area (Å²) in [7, 11) is 1.42. The van der Waals surface area contributed by atoms with E-state index < -0.39 is 36.9 Å². The molecule has 0 saturated carbocycles. The van der Waals surface area contributed by atoms with Gasteiger partial charge in [-0.05, 0) is 6.92 Å². The van der Waals surface area contributed by atoms with E-state index in [4.69, 9.17) is 10.2 Å². The molecule has 7 nitrogen and oxygen atoms in total. The van der Waals surface area contributed by atoms with Crippen LogP contribution in [0.2, 0.25) is 0 Å². The molecule has 130 valence electrons. The van der Waals surface area contributed by atoms with Crippen molar-refractivity contribution < 1.29 is 30.3 Å². The number of aliphatic hydroxyl groups excluding tert-OH is 5. The molecule has 0 aromatic heterocycles. The van der Waals surface area contributed by atoms with E-state index in [-0.39, 0.29) is 0 Å². The summed E-state index contributed by atoms with van der Waals surface area (Å²) in [5.74, 6) is -0.765. The smallest absolute Gasteiger partial charge is 0.253 e. The average molecular weight is 311 g/mol. The minimum Gasteiger partial charge on any atom is -0.394 e. The second-order valence-corrected chi connectivity index (χ2v) is 4.24. The van der Waals surface area contributed by atoms with Gasteiger partial charge in [-0.1, -0.05) is 34.1 Å². The first-order chi connectivity index (χ1) is 9.78. The highest BCUT2D eigenvalue weighted by molar-refractivity contribution is 5.81. The van der Waals surface area contributed by atoms with E-state index in [0.717, 1.165) is 4.90 Å². The lowest BCUT2D eigenvalue weighted by atomic mass is 10.0. The van der Waals surface area contributed by atoms with Crippen LogP contribution >= 0.6 is 0 Å². The molecule has 0 aliphatic carbocycles. The maximum Gasteiger partial charge on any atom is 0.253 e. The minimum atomic E-state index is -1.84. The summed E-state index contributed by atoms with van der Waals surface area (Å²) >= 11 is 0. The first kappa shape index (κ1) is 25.2. The molecule has 0 heterocycles. The van der Waals surface area contributed by atoms with Crippen molar-refractivity contribution in [2.24, 2.45) is 0 Å². The molecule has 0 aliphatic rings. The molecule has 0 aliphatic heterocycles. The Balaban J connectivity index is -0.000000569. The fourth-order valence-electron chi connectivity index (χ4n) is 1.05. The third-order valence-electron chi connectivity index (χ3n) is 2.36. The van der Waals surface area contributed by atoms with Crippen LogP contribution in [0.15, 0.2) is 0 Å². The molecule has 4 unspecified atom stereocenters. The Hall–Kier alpha value is -0.730. The molecule has 0 fully saturated rings. The Morgan fingerprint density at radius 3 is 1.67 bits per heavy atom. The number of carbonyl (C=O) groups is 1. The average Bonchev–Trinajstić information content (AvgIpc) is 2.52. The SMILES string of the molecule is CC.CCC.CCN(C)C(=O)C(O)C(O)C(O)C(O)CO. The zero-order valence-electron chi connectivity index (χ0n) is 14.0. The van der Waals surface area contributed by atoms with E-state index in [9.17, 15) is 20.1 Å². The maximum atomic E-state index is 11.4. The van der Waals surface area contributed by atoms with E-state index in [0.29, 0.717) is 6.54 Å². The number of hydrogen-bond donors (Lipinski definition) is 5. The van der Waals surface area contributed by atoms with Gasteiger partial charge >= 0.3 is 0 Å². The van der Waals surface area contributed by atoms with E-state index >= 15 is 0 Å². The molecule has 0 rings (SSSR count). The van der Waals surface area contributed by atoms with Crippen LogP contribution < -0.4 is 0 Å². The van der Waals surface area contributed by atoms with Gasteiger partial charge in [0.25, 0.3) is 5.91 Å². The molecule has 0 aromatic carbocycles. The molecule has 0 aromatic rings. The summed E-state index contributed by atoms with van der Waals surface area (Å²) in [6, 6.07) is 0. The van der Waals surface area contributed by atoms with Gasteiger partial charge in [0.2, 0.25) is 0 Å². The summed E-state index contributed by atoms with van der Waals surface area (Å²) < 4.78 is 0. The third-order valence-corrected chi connectivity index (χ3v) is 2.36. The molecule has 7 heteroatoms. The van der Waals surface area contributed by atoms with Gasteiger partial charge in [0, 0.05) is 13.6 Å². The van der Waals surface area contributed by atoms with Crippen molar-refractivity contribution in [3.63, 3.8) is 0 Å². The maximum absolute atomic E-state index is 11.4. The van der Waals surface area contributed by atoms with Gasteiger partial charge < -0.3 is 30.4 Å². The number of likely N-dealkylation sites (N-methyl/N-ethyl adjacent to an activating group) is 1. The van der Waals surface area contributed by atoms with Crippen LogP contribution in [-0.2, 0) is 4.79 Å². The number of rotatable bonds is 6. The molecule has 4 atom stereocenters. The van der Waals surface area contributed by atoms with Crippen molar-refractivity contribution in [2.75, 3.05) is 20.2 Å². The fourth-order valence-corrected chi connectivity index (χ4v) is 1.05. The fraction of sp³-hybridized carbons (Fsp3) is 0.929. The minimum absolute atomic E-state index is 0.335. The Morgan fingerprint density at radius 2 is 1.38 bits per heavy atom. The lowest BCUT2D eigenvalue weighted by Gasteiger charge is -2.27. The first-order valence-corrected chi connectivity index (χ1v) is 7.36. The second kappa shape index (κ2) is 15.7. The van der Waals surface area contributed by atoms with Crippen LogP contribution in [0.25, 0.3) is 0 Å². The van der Waals surface area contributed by atoms with Crippen LogP contribution in [0.1, 0.15) is 41.0 Å². The standard InChI is InChI=1S/C9H19NO6.C3H8.C2H6/c1-3-10(2)9(16)8(15)7(14)6(13)5(12)4-11;1-3-2;1-2/h5-8,11-15H,3-4H2,1-2H3;3H2,1-2H3;1-2H3. The van der Waals surface area contributed by atoms with Gasteiger partial charge in [-0.25, -0.2) is 0 Å². The largest absolute Gasteiger partial charge is 0.394 e. The van der Waals surface area contributed by atoms with Gasteiger partial charge in [-0.15, -0.1) is 0 Å². The van der Waals surface area contributed by atoms with Gasteiger partial charge in [-0.3, -0.25) is 4.79 Å². The van der Waals surface area contributed by atoms with Crippen molar-refractivity contribution in [3.8, 4) is 0 Å². The third kappa shape index (κ3) is 10.6. The number of nitrogens with zero attached hydrogens (tertiary/aromatic N) is 1. The second-order valence-electron chi connectivity index (χ2n) is 4.24. The summed E-state index contributed by atoms with van der Waals surface area (Å²) in [4.78, 5) is 12.6. The summed E-state index contributed by atoms with van der Waals surface area (Å²) in [6.45, 7) is 9.49. The van der Waals surface area contributed by atoms with Crippen molar-refractivity contribution in [1.82, 2.24) is 4.90 Å². The van der Waals surface area contributed by atoms with E-state index in [1.807, 2.05) is 13.8 Å². The predicted molar refractivity (Wildman–Crippen MR) is 81.7 cm³/mol. The molecule has 0 spiro atoms.